The average molecular weight is 253 g/mol. The highest BCUT2D eigenvalue weighted by molar-refractivity contribution is 7.15. The number of aryl methyl sites for hydroxylation is 2. The molecule has 1 unspecified atom stereocenters. The Morgan fingerprint density at radius 3 is 2.88 bits per heavy atom. The first-order valence-electron chi connectivity index (χ1n) is 6.12. The lowest BCUT2D eigenvalue weighted by molar-refractivity contribution is -0.116. The van der Waals surface area contributed by atoms with Crippen LogP contribution in [-0.4, -0.2) is 16.9 Å². The van der Waals surface area contributed by atoms with Gasteiger partial charge in [0.2, 0.25) is 5.91 Å². The monoisotopic (exact) mass is 253 g/mol. The van der Waals surface area contributed by atoms with Crippen LogP contribution < -0.4 is 11.1 Å². The minimum absolute atomic E-state index is 0.0131. The number of hydrogen-bond donors (Lipinski definition) is 2. The quantitative estimate of drug-likeness (QED) is 0.844. The average Bonchev–Trinajstić information content (AvgIpc) is 3.04. The molecule has 17 heavy (non-hydrogen) atoms. The van der Waals surface area contributed by atoms with E-state index in [0.29, 0.717) is 17.5 Å². The molecule has 0 aromatic carbocycles. The fraction of sp³-hybridized carbons (Fsp3) is 0.667. The van der Waals surface area contributed by atoms with E-state index >= 15 is 0 Å². The SMILES string of the molecule is CCc1nc(NC(=O)CC(N)C2CC2)sc1C. The van der Waals surface area contributed by atoms with Crippen LogP contribution in [0.2, 0.25) is 0 Å². The minimum atomic E-state index is -0.0131. The Morgan fingerprint density at radius 1 is 1.65 bits per heavy atom. The topological polar surface area (TPSA) is 68.0 Å². The maximum atomic E-state index is 11.7. The van der Waals surface area contributed by atoms with Gasteiger partial charge in [0.25, 0.3) is 0 Å². The first-order valence-corrected chi connectivity index (χ1v) is 6.93. The van der Waals surface area contributed by atoms with E-state index in [1.165, 1.54) is 29.1 Å². The zero-order valence-corrected chi connectivity index (χ0v) is 11.1. The molecule has 1 aliphatic rings. The van der Waals surface area contributed by atoms with E-state index in [9.17, 15) is 4.79 Å². The first kappa shape index (κ1) is 12.5. The number of nitrogens with one attached hydrogen (secondary N) is 1. The highest BCUT2D eigenvalue weighted by Crippen LogP contribution is 2.33. The number of thiazole rings is 1. The Hall–Kier alpha value is -0.940. The standard InChI is InChI=1S/C12H19N3OS/c1-3-10-7(2)17-12(14-10)15-11(16)6-9(13)8-4-5-8/h8-9H,3-6,13H2,1-2H3,(H,14,15,16). The molecule has 0 spiro atoms. The van der Waals surface area contributed by atoms with Gasteiger partial charge in [0.1, 0.15) is 0 Å². The van der Waals surface area contributed by atoms with Crippen LogP contribution in [0.25, 0.3) is 0 Å². The van der Waals surface area contributed by atoms with Crippen LogP contribution in [0.3, 0.4) is 0 Å². The third-order valence-corrected chi connectivity index (χ3v) is 4.05. The van der Waals surface area contributed by atoms with Crippen molar-refractivity contribution in [3.8, 4) is 0 Å². The summed E-state index contributed by atoms with van der Waals surface area (Å²) in [6.07, 6.45) is 3.65. The van der Waals surface area contributed by atoms with Gasteiger partial charge >= 0.3 is 0 Å². The summed E-state index contributed by atoms with van der Waals surface area (Å²) >= 11 is 1.53. The van der Waals surface area contributed by atoms with Crippen molar-refractivity contribution in [1.29, 1.82) is 0 Å². The van der Waals surface area contributed by atoms with Crippen LogP contribution >= 0.6 is 11.3 Å². The van der Waals surface area contributed by atoms with Gasteiger partial charge in [0.15, 0.2) is 5.13 Å². The van der Waals surface area contributed by atoms with Gasteiger partial charge in [0, 0.05) is 17.3 Å². The lowest BCUT2D eigenvalue weighted by Gasteiger charge is -2.08. The molecule has 5 heteroatoms. The Kier molecular flexibility index (Phi) is 3.79. The summed E-state index contributed by atoms with van der Waals surface area (Å²) in [5.74, 6) is 0.547. The number of anilines is 1. The van der Waals surface area contributed by atoms with E-state index < -0.39 is 0 Å². The second kappa shape index (κ2) is 5.14. The smallest absolute Gasteiger partial charge is 0.227 e. The van der Waals surface area contributed by atoms with E-state index in [2.05, 4.69) is 17.2 Å². The second-order valence-corrected chi connectivity index (χ2v) is 5.83. The molecule has 1 aliphatic carbocycles. The van der Waals surface area contributed by atoms with Gasteiger partial charge in [-0.2, -0.15) is 0 Å². The molecule has 2 rings (SSSR count). The number of hydrogen-bond acceptors (Lipinski definition) is 4. The number of nitrogens with two attached hydrogens (primary N) is 1. The van der Waals surface area contributed by atoms with E-state index in [-0.39, 0.29) is 11.9 Å². The van der Waals surface area contributed by atoms with Crippen LogP contribution in [0.1, 0.15) is 36.8 Å². The number of amides is 1. The molecule has 3 N–H and O–H groups in total. The summed E-state index contributed by atoms with van der Waals surface area (Å²) < 4.78 is 0. The normalized spacial score (nSPS) is 16.9. The molecule has 94 valence electrons. The zero-order valence-electron chi connectivity index (χ0n) is 10.3. The molecule has 1 fully saturated rings. The van der Waals surface area contributed by atoms with Crippen molar-refractivity contribution in [2.75, 3.05) is 5.32 Å². The van der Waals surface area contributed by atoms with Crippen LogP contribution in [0, 0.1) is 12.8 Å². The fourth-order valence-corrected chi connectivity index (χ4v) is 2.80. The summed E-state index contributed by atoms with van der Waals surface area (Å²) in [4.78, 5) is 17.3. The second-order valence-electron chi connectivity index (χ2n) is 4.63. The van der Waals surface area contributed by atoms with Crippen molar-refractivity contribution in [1.82, 2.24) is 4.98 Å². The number of nitrogens with zero attached hydrogens (tertiary/aromatic N) is 1. The Bertz CT molecular complexity index is 412. The summed E-state index contributed by atoms with van der Waals surface area (Å²) in [6, 6.07) is 0.0155. The molecule has 1 atom stereocenters. The van der Waals surface area contributed by atoms with Crippen LogP contribution in [-0.2, 0) is 11.2 Å². The molecule has 0 bridgehead atoms. The number of aromatic nitrogens is 1. The van der Waals surface area contributed by atoms with Crippen molar-refractivity contribution in [3.63, 3.8) is 0 Å². The summed E-state index contributed by atoms with van der Waals surface area (Å²) in [5, 5.41) is 3.54. The first-order chi connectivity index (χ1) is 8.10. The maximum absolute atomic E-state index is 11.7. The molecule has 0 saturated heterocycles. The Labute approximate surface area is 106 Å². The number of carbonyl (C=O) groups is 1. The molecule has 1 aromatic heterocycles. The van der Waals surface area contributed by atoms with Gasteiger partial charge in [-0.05, 0) is 32.1 Å². The van der Waals surface area contributed by atoms with Crippen LogP contribution in [0.5, 0.6) is 0 Å². The zero-order chi connectivity index (χ0) is 12.4. The van der Waals surface area contributed by atoms with Crippen molar-refractivity contribution in [2.45, 2.75) is 45.6 Å². The van der Waals surface area contributed by atoms with Gasteiger partial charge in [-0.1, -0.05) is 6.92 Å². The third-order valence-electron chi connectivity index (χ3n) is 3.12. The Morgan fingerprint density at radius 2 is 2.35 bits per heavy atom. The van der Waals surface area contributed by atoms with Crippen LogP contribution in [0.15, 0.2) is 0 Å². The number of rotatable bonds is 5. The third kappa shape index (κ3) is 3.26. The van der Waals surface area contributed by atoms with Crippen molar-refractivity contribution >= 4 is 22.4 Å². The van der Waals surface area contributed by atoms with Gasteiger partial charge in [-0.3, -0.25) is 4.79 Å². The molecule has 0 aliphatic heterocycles. The molecular formula is C12H19N3OS. The molecule has 1 amide bonds. The summed E-state index contributed by atoms with van der Waals surface area (Å²) in [6.45, 7) is 4.10. The van der Waals surface area contributed by atoms with E-state index in [1.54, 1.807) is 0 Å². The fourth-order valence-electron chi connectivity index (χ4n) is 1.88. The summed E-state index contributed by atoms with van der Waals surface area (Å²) in [7, 11) is 0. The highest BCUT2D eigenvalue weighted by atomic mass is 32.1. The molecule has 0 radical (unpaired) electrons. The molecule has 1 heterocycles. The van der Waals surface area contributed by atoms with Crippen molar-refractivity contribution in [3.05, 3.63) is 10.6 Å². The van der Waals surface area contributed by atoms with Gasteiger partial charge in [-0.25, -0.2) is 4.98 Å². The predicted octanol–water partition coefficient (Wildman–Crippen LogP) is 2.08. The lowest BCUT2D eigenvalue weighted by Crippen LogP contribution is -2.28. The van der Waals surface area contributed by atoms with Gasteiger partial charge in [-0.15, -0.1) is 11.3 Å². The van der Waals surface area contributed by atoms with E-state index in [1.807, 2.05) is 6.92 Å². The summed E-state index contributed by atoms with van der Waals surface area (Å²) in [5.41, 5.74) is 6.98. The predicted molar refractivity (Wildman–Crippen MR) is 70.2 cm³/mol. The van der Waals surface area contributed by atoms with Crippen LogP contribution in [0.4, 0.5) is 5.13 Å². The molecule has 1 saturated carbocycles. The minimum Gasteiger partial charge on any atom is -0.327 e. The van der Waals surface area contributed by atoms with Crippen molar-refractivity contribution < 1.29 is 4.79 Å². The van der Waals surface area contributed by atoms with E-state index in [4.69, 9.17) is 5.73 Å². The molecule has 4 nitrogen and oxygen atoms in total. The van der Waals surface area contributed by atoms with Crippen molar-refractivity contribution in [2.24, 2.45) is 11.7 Å². The maximum Gasteiger partial charge on any atom is 0.227 e. The molecule has 1 aromatic rings. The highest BCUT2D eigenvalue weighted by Gasteiger charge is 2.29. The van der Waals surface area contributed by atoms with Gasteiger partial charge < -0.3 is 11.1 Å². The van der Waals surface area contributed by atoms with Gasteiger partial charge in [0.05, 0.1) is 5.69 Å². The Balaban J connectivity index is 1.88. The lowest BCUT2D eigenvalue weighted by atomic mass is 10.1. The number of carbonyl (C=O) groups excluding carboxylic acids is 1. The van der Waals surface area contributed by atoms with E-state index in [0.717, 1.165) is 12.1 Å². The largest absolute Gasteiger partial charge is 0.327 e. The molecular weight excluding hydrogens is 234 g/mol.